The molecule has 1 amide bonds. The average Bonchev–Trinajstić information content (AvgIpc) is 3.37. The maximum absolute atomic E-state index is 13.6. The number of nitrogens with zero attached hydrogens (tertiary/aromatic N) is 2. The van der Waals surface area contributed by atoms with Gasteiger partial charge >= 0.3 is 0 Å². The number of fused-ring (bicyclic) bond motifs is 3. The molecule has 0 saturated carbocycles. The van der Waals surface area contributed by atoms with Crippen LogP contribution in [0, 0.1) is 0 Å². The van der Waals surface area contributed by atoms with Crippen molar-refractivity contribution in [3.63, 3.8) is 0 Å². The molecule has 0 saturated heterocycles. The predicted octanol–water partition coefficient (Wildman–Crippen LogP) is 3.58. The number of amides is 1. The zero-order chi connectivity index (χ0) is 22.5. The number of thioether (sulfide) groups is 1. The predicted molar refractivity (Wildman–Crippen MR) is 129 cm³/mol. The van der Waals surface area contributed by atoms with Crippen LogP contribution in [0.1, 0.15) is 30.2 Å². The minimum absolute atomic E-state index is 0.0680. The lowest BCUT2D eigenvalue weighted by Crippen LogP contribution is -2.28. The standard InChI is InChI=1S/C23H27N3O4S2/c1-3-30-16-10-8-15(9-11-16)26-22(28)20-17-6-4-7-18(17)32-21(20)25-23(26)31-14-19(27)24-12-5-13-29-2/h8-11H,3-7,12-14H2,1-2H3,(H,24,27). The van der Waals surface area contributed by atoms with E-state index < -0.39 is 0 Å². The molecule has 3 aromatic rings. The molecule has 4 rings (SSSR count). The van der Waals surface area contributed by atoms with E-state index in [4.69, 9.17) is 14.5 Å². The molecular formula is C23H27N3O4S2. The van der Waals surface area contributed by atoms with Crippen LogP contribution in [0.2, 0.25) is 0 Å². The molecule has 0 spiro atoms. The Bertz CT molecular complexity index is 1150. The third-order valence-electron chi connectivity index (χ3n) is 5.29. The van der Waals surface area contributed by atoms with Gasteiger partial charge in [0.1, 0.15) is 10.6 Å². The summed E-state index contributed by atoms with van der Waals surface area (Å²) in [4.78, 5) is 32.8. The summed E-state index contributed by atoms with van der Waals surface area (Å²) in [6, 6.07) is 7.43. The topological polar surface area (TPSA) is 82.4 Å². The molecular weight excluding hydrogens is 446 g/mol. The van der Waals surface area contributed by atoms with Gasteiger partial charge in [-0.3, -0.25) is 14.2 Å². The molecule has 0 atom stereocenters. The first-order chi connectivity index (χ1) is 15.6. The Morgan fingerprint density at radius 1 is 1.28 bits per heavy atom. The van der Waals surface area contributed by atoms with Crippen LogP contribution in [0.15, 0.2) is 34.2 Å². The van der Waals surface area contributed by atoms with Crippen molar-refractivity contribution in [2.24, 2.45) is 0 Å². The van der Waals surface area contributed by atoms with Crippen molar-refractivity contribution in [1.29, 1.82) is 0 Å². The Morgan fingerprint density at radius 3 is 2.84 bits per heavy atom. The second-order valence-corrected chi connectivity index (χ2v) is 9.51. The van der Waals surface area contributed by atoms with E-state index >= 15 is 0 Å². The van der Waals surface area contributed by atoms with Gasteiger partial charge in [-0.2, -0.15) is 0 Å². The Kier molecular flexibility index (Phi) is 7.49. The Morgan fingerprint density at radius 2 is 2.09 bits per heavy atom. The van der Waals surface area contributed by atoms with E-state index in [-0.39, 0.29) is 17.2 Å². The first-order valence-electron chi connectivity index (χ1n) is 10.8. The van der Waals surface area contributed by atoms with Crippen LogP contribution >= 0.6 is 23.1 Å². The molecule has 0 fully saturated rings. The van der Waals surface area contributed by atoms with Gasteiger partial charge in [0, 0.05) is 25.1 Å². The van der Waals surface area contributed by atoms with Gasteiger partial charge in [-0.05, 0) is 62.4 Å². The van der Waals surface area contributed by atoms with Crippen molar-refractivity contribution in [1.82, 2.24) is 14.9 Å². The summed E-state index contributed by atoms with van der Waals surface area (Å²) in [5, 5.41) is 4.14. The lowest BCUT2D eigenvalue weighted by Gasteiger charge is -2.13. The van der Waals surface area contributed by atoms with Crippen LogP contribution in [0.25, 0.3) is 15.9 Å². The molecule has 1 aromatic carbocycles. The number of rotatable bonds is 10. The summed E-state index contributed by atoms with van der Waals surface area (Å²) in [5.74, 6) is 0.847. The van der Waals surface area contributed by atoms with E-state index in [1.54, 1.807) is 23.0 Å². The molecule has 0 radical (unpaired) electrons. The summed E-state index contributed by atoms with van der Waals surface area (Å²) in [6.07, 6.45) is 3.77. The zero-order valence-electron chi connectivity index (χ0n) is 18.3. The number of carbonyl (C=O) groups excluding carboxylic acids is 1. The highest BCUT2D eigenvalue weighted by Gasteiger charge is 2.24. The number of aromatic nitrogens is 2. The van der Waals surface area contributed by atoms with E-state index in [0.717, 1.165) is 47.2 Å². The van der Waals surface area contributed by atoms with Gasteiger partial charge in [0.15, 0.2) is 5.16 Å². The molecule has 7 nitrogen and oxygen atoms in total. The van der Waals surface area contributed by atoms with Gasteiger partial charge in [0.05, 0.1) is 23.4 Å². The quantitative estimate of drug-likeness (QED) is 0.275. The van der Waals surface area contributed by atoms with Gasteiger partial charge in [0.2, 0.25) is 5.91 Å². The largest absolute Gasteiger partial charge is 0.494 e. The fraction of sp³-hybridized carbons (Fsp3) is 0.435. The Labute approximate surface area is 195 Å². The van der Waals surface area contributed by atoms with Gasteiger partial charge < -0.3 is 14.8 Å². The number of hydrogen-bond acceptors (Lipinski definition) is 7. The van der Waals surface area contributed by atoms with Crippen molar-refractivity contribution in [2.45, 2.75) is 37.8 Å². The van der Waals surface area contributed by atoms with E-state index in [1.165, 1.54) is 16.6 Å². The fourth-order valence-electron chi connectivity index (χ4n) is 3.83. The number of methoxy groups -OCH3 is 1. The fourth-order valence-corrected chi connectivity index (χ4v) is 5.98. The highest BCUT2D eigenvalue weighted by atomic mass is 32.2. The summed E-state index contributed by atoms with van der Waals surface area (Å²) in [6.45, 7) is 3.67. The molecule has 1 aliphatic rings. The highest BCUT2D eigenvalue weighted by Crippen LogP contribution is 2.36. The first kappa shape index (κ1) is 22.8. The Balaban J connectivity index is 1.66. The first-order valence-corrected chi connectivity index (χ1v) is 12.6. The smallest absolute Gasteiger partial charge is 0.267 e. The number of carbonyl (C=O) groups is 1. The third kappa shape index (κ3) is 4.84. The number of hydrogen-bond donors (Lipinski definition) is 1. The monoisotopic (exact) mass is 473 g/mol. The number of benzene rings is 1. The number of ether oxygens (including phenoxy) is 2. The molecule has 32 heavy (non-hydrogen) atoms. The molecule has 1 N–H and O–H groups in total. The van der Waals surface area contributed by atoms with Gasteiger partial charge in [-0.25, -0.2) is 4.98 Å². The third-order valence-corrected chi connectivity index (χ3v) is 7.42. The second-order valence-electron chi connectivity index (χ2n) is 7.48. The molecule has 1 aliphatic carbocycles. The van der Waals surface area contributed by atoms with Gasteiger partial charge in [-0.1, -0.05) is 11.8 Å². The van der Waals surface area contributed by atoms with Crippen molar-refractivity contribution in [3.8, 4) is 11.4 Å². The van der Waals surface area contributed by atoms with Crippen LogP contribution in [0.3, 0.4) is 0 Å². The van der Waals surface area contributed by atoms with Crippen LogP contribution in [0.4, 0.5) is 0 Å². The van der Waals surface area contributed by atoms with Crippen molar-refractivity contribution >= 4 is 39.2 Å². The van der Waals surface area contributed by atoms with Crippen LogP contribution < -0.4 is 15.6 Å². The summed E-state index contributed by atoms with van der Waals surface area (Å²) < 4.78 is 12.2. The molecule has 170 valence electrons. The van der Waals surface area contributed by atoms with Crippen LogP contribution in [0.5, 0.6) is 5.75 Å². The lowest BCUT2D eigenvalue weighted by molar-refractivity contribution is -0.118. The van der Waals surface area contributed by atoms with Crippen molar-refractivity contribution in [2.75, 3.05) is 32.6 Å². The average molecular weight is 474 g/mol. The molecule has 0 aliphatic heterocycles. The van der Waals surface area contributed by atoms with E-state index in [0.29, 0.717) is 30.6 Å². The normalized spacial score (nSPS) is 12.8. The highest BCUT2D eigenvalue weighted by molar-refractivity contribution is 7.99. The maximum atomic E-state index is 13.6. The van der Waals surface area contributed by atoms with Gasteiger partial charge in [0.25, 0.3) is 5.56 Å². The Hall–Kier alpha value is -2.36. The zero-order valence-corrected chi connectivity index (χ0v) is 19.9. The molecule has 2 aromatic heterocycles. The molecule has 0 bridgehead atoms. The summed E-state index contributed by atoms with van der Waals surface area (Å²) in [7, 11) is 1.64. The second kappa shape index (κ2) is 10.5. The summed E-state index contributed by atoms with van der Waals surface area (Å²) in [5.41, 5.74) is 1.80. The number of aryl methyl sites for hydroxylation is 2. The lowest BCUT2D eigenvalue weighted by atomic mass is 10.2. The SMILES string of the molecule is CCOc1ccc(-n2c(SCC(=O)NCCCOC)nc3sc4c(c3c2=O)CCC4)cc1. The van der Waals surface area contributed by atoms with Gasteiger partial charge in [-0.15, -0.1) is 11.3 Å². The van der Waals surface area contributed by atoms with E-state index in [9.17, 15) is 9.59 Å². The van der Waals surface area contributed by atoms with E-state index in [1.807, 2.05) is 31.2 Å². The molecule has 2 heterocycles. The summed E-state index contributed by atoms with van der Waals surface area (Å²) >= 11 is 2.89. The molecule has 9 heteroatoms. The number of thiophene rings is 1. The van der Waals surface area contributed by atoms with Crippen molar-refractivity contribution in [3.05, 3.63) is 45.1 Å². The minimum Gasteiger partial charge on any atom is -0.494 e. The van der Waals surface area contributed by atoms with Crippen molar-refractivity contribution < 1.29 is 14.3 Å². The maximum Gasteiger partial charge on any atom is 0.267 e. The van der Waals surface area contributed by atoms with Crippen LogP contribution in [-0.2, 0) is 22.4 Å². The number of nitrogens with one attached hydrogen (secondary N) is 1. The molecule has 0 unspecified atom stereocenters. The van der Waals surface area contributed by atoms with E-state index in [2.05, 4.69) is 5.32 Å². The van der Waals surface area contributed by atoms with Crippen LogP contribution in [-0.4, -0.2) is 48.1 Å². The minimum atomic E-state index is -0.0904.